The van der Waals surface area contributed by atoms with Gasteiger partial charge in [0, 0.05) is 31.9 Å². The van der Waals surface area contributed by atoms with Crippen LogP contribution in [0.2, 0.25) is 0 Å². The van der Waals surface area contributed by atoms with E-state index in [0.29, 0.717) is 6.04 Å². The largest absolute Gasteiger partial charge is 0.377 e. The maximum absolute atomic E-state index is 5.45. The molecule has 0 aliphatic rings. The average molecular weight is 239 g/mol. The van der Waals surface area contributed by atoms with Crippen LogP contribution in [-0.4, -0.2) is 29.0 Å². The van der Waals surface area contributed by atoms with Crippen LogP contribution >= 0.6 is 0 Å². The third kappa shape index (κ3) is 4.88. The van der Waals surface area contributed by atoms with Crippen LogP contribution in [0.5, 0.6) is 0 Å². The average Bonchev–Trinajstić information content (AvgIpc) is 2.77. The second-order valence-electron chi connectivity index (χ2n) is 4.44. The molecular weight excluding hydrogens is 214 g/mol. The van der Waals surface area contributed by atoms with Crippen molar-refractivity contribution in [3.8, 4) is 0 Å². The van der Waals surface area contributed by atoms with Crippen LogP contribution in [0.4, 0.5) is 0 Å². The molecule has 4 nitrogen and oxygen atoms in total. The molecule has 98 valence electrons. The third-order valence-electron chi connectivity index (χ3n) is 2.90. The summed E-state index contributed by atoms with van der Waals surface area (Å²) in [6.07, 6.45) is 3.42. The molecule has 0 saturated heterocycles. The van der Waals surface area contributed by atoms with Gasteiger partial charge in [0.15, 0.2) is 0 Å². The zero-order valence-corrected chi connectivity index (χ0v) is 11.4. The Morgan fingerprint density at radius 3 is 2.82 bits per heavy atom. The number of aromatic nitrogens is 2. The molecule has 1 aromatic heterocycles. The van der Waals surface area contributed by atoms with Gasteiger partial charge in [0.25, 0.3) is 0 Å². The lowest BCUT2D eigenvalue weighted by molar-refractivity contribution is 0.0759. The van der Waals surface area contributed by atoms with Crippen molar-refractivity contribution in [1.82, 2.24) is 15.1 Å². The quantitative estimate of drug-likeness (QED) is 0.757. The fourth-order valence-corrected chi connectivity index (χ4v) is 1.65. The first-order valence-electron chi connectivity index (χ1n) is 6.53. The number of hydrogen-bond donors (Lipinski definition) is 1. The summed E-state index contributed by atoms with van der Waals surface area (Å²) in [6, 6.07) is 2.55. The summed E-state index contributed by atoms with van der Waals surface area (Å²) in [6.45, 7) is 10.9. The molecule has 0 fully saturated rings. The van der Waals surface area contributed by atoms with E-state index in [-0.39, 0.29) is 6.10 Å². The minimum atomic E-state index is 0.261. The van der Waals surface area contributed by atoms with E-state index >= 15 is 0 Å². The zero-order chi connectivity index (χ0) is 12.7. The summed E-state index contributed by atoms with van der Waals surface area (Å²) in [5.41, 5.74) is 1.09. The summed E-state index contributed by atoms with van der Waals surface area (Å²) in [5, 5.41) is 7.89. The van der Waals surface area contributed by atoms with Crippen LogP contribution < -0.4 is 5.32 Å². The summed E-state index contributed by atoms with van der Waals surface area (Å²) in [7, 11) is 0. The van der Waals surface area contributed by atoms with E-state index in [1.165, 1.54) is 0 Å². The summed E-state index contributed by atoms with van der Waals surface area (Å²) >= 11 is 0. The predicted molar refractivity (Wildman–Crippen MR) is 70.0 cm³/mol. The lowest BCUT2D eigenvalue weighted by Crippen LogP contribution is -2.26. The minimum Gasteiger partial charge on any atom is -0.377 e. The second-order valence-corrected chi connectivity index (χ2v) is 4.44. The Morgan fingerprint density at radius 1 is 1.41 bits per heavy atom. The van der Waals surface area contributed by atoms with Crippen LogP contribution in [-0.2, 0) is 11.3 Å². The lowest BCUT2D eigenvalue weighted by Gasteiger charge is -2.12. The second kappa shape index (κ2) is 7.45. The van der Waals surface area contributed by atoms with E-state index in [1.807, 2.05) is 11.6 Å². The monoisotopic (exact) mass is 239 g/mol. The van der Waals surface area contributed by atoms with E-state index in [4.69, 9.17) is 4.74 Å². The Bertz CT molecular complexity index is 311. The van der Waals surface area contributed by atoms with Gasteiger partial charge in [-0.05, 0) is 33.3 Å². The molecule has 0 aromatic carbocycles. The molecule has 0 aliphatic heterocycles. The Morgan fingerprint density at radius 2 is 2.18 bits per heavy atom. The normalized spacial score (nSPS) is 14.8. The molecule has 2 unspecified atom stereocenters. The maximum Gasteiger partial charge on any atom is 0.0762 e. The van der Waals surface area contributed by atoms with Gasteiger partial charge >= 0.3 is 0 Å². The molecule has 0 spiro atoms. The highest BCUT2D eigenvalue weighted by atomic mass is 16.5. The molecule has 1 rings (SSSR count). The highest BCUT2D eigenvalue weighted by molar-refractivity contribution is 4.99. The molecular formula is C13H25N3O. The van der Waals surface area contributed by atoms with Gasteiger partial charge in [0.05, 0.1) is 11.8 Å². The highest BCUT2D eigenvalue weighted by Crippen LogP contribution is 2.08. The third-order valence-corrected chi connectivity index (χ3v) is 2.90. The first-order chi connectivity index (χ1) is 8.17. The van der Waals surface area contributed by atoms with Gasteiger partial charge in [-0.1, -0.05) is 6.92 Å². The smallest absolute Gasteiger partial charge is 0.0762 e. The fourth-order valence-electron chi connectivity index (χ4n) is 1.65. The molecule has 1 heterocycles. The van der Waals surface area contributed by atoms with E-state index in [9.17, 15) is 0 Å². The Kier molecular flexibility index (Phi) is 6.22. The van der Waals surface area contributed by atoms with Crippen molar-refractivity contribution in [2.45, 2.75) is 52.8 Å². The Hall–Kier alpha value is -0.870. The van der Waals surface area contributed by atoms with Crippen molar-refractivity contribution in [1.29, 1.82) is 0 Å². The summed E-state index contributed by atoms with van der Waals surface area (Å²) in [4.78, 5) is 0. The minimum absolute atomic E-state index is 0.261. The van der Waals surface area contributed by atoms with Crippen LogP contribution in [0.1, 0.15) is 45.9 Å². The van der Waals surface area contributed by atoms with Gasteiger partial charge in [-0.3, -0.25) is 4.68 Å². The first-order valence-corrected chi connectivity index (χ1v) is 6.53. The molecule has 0 aliphatic carbocycles. The van der Waals surface area contributed by atoms with Gasteiger partial charge in [-0.2, -0.15) is 5.10 Å². The molecule has 0 bridgehead atoms. The maximum atomic E-state index is 5.45. The lowest BCUT2D eigenvalue weighted by atomic mass is 10.3. The molecule has 17 heavy (non-hydrogen) atoms. The van der Waals surface area contributed by atoms with Crippen LogP contribution in [0.15, 0.2) is 12.3 Å². The van der Waals surface area contributed by atoms with Crippen molar-refractivity contribution < 1.29 is 4.74 Å². The van der Waals surface area contributed by atoms with Gasteiger partial charge in [0.1, 0.15) is 0 Å². The van der Waals surface area contributed by atoms with Gasteiger partial charge < -0.3 is 10.1 Å². The topological polar surface area (TPSA) is 39.1 Å². The van der Waals surface area contributed by atoms with E-state index in [2.05, 4.69) is 43.4 Å². The predicted octanol–water partition coefficient (Wildman–Crippen LogP) is 2.37. The Labute approximate surface area is 104 Å². The zero-order valence-electron chi connectivity index (χ0n) is 11.4. The van der Waals surface area contributed by atoms with Crippen LogP contribution in [0.3, 0.4) is 0 Å². The van der Waals surface area contributed by atoms with Crippen molar-refractivity contribution in [3.63, 3.8) is 0 Å². The highest BCUT2D eigenvalue weighted by Gasteiger charge is 2.05. The van der Waals surface area contributed by atoms with Crippen molar-refractivity contribution >= 4 is 0 Å². The molecule has 4 heteroatoms. The number of ether oxygens (including phenoxy) is 1. The van der Waals surface area contributed by atoms with Crippen molar-refractivity contribution in [2.24, 2.45) is 0 Å². The molecule has 1 N–H and O–H groups in total. The van der Waals surface area contributed by atoms with E-state index in [1.54, 1.807) is 0 Å². The van der Waals surface area contributed by atoms with Gasteiger partial charge in [-0.15, -0.1) is 0 Å². The molecule has 0 radical (unpaired) electrons. The first kappa shape index (κ1) is 14.2. The molecule has 1 aromatic rings. The molecule has 0 saturated carbocycles. The number of hydrogen-bond acceptors (Lipinski definition) is 3. The standard InChI is InChI=1S/C13H25N3O/c1-5-11(3)16-8-7-13(15-16)10-14-9-12(4)17-6-2/h7-8,11-12,14H,5-6,9-10H2,1-4H3. The molecule has 0 amide bonds. The van der Waals surface area contributed by atoms with Crippen LogP contribution in [0, 0.1) is 0 Å². The SMILES string of the molecule is CCOC(C)CNCc1ccn(C(C)CC)n1. The number of nitrogens with one attached hydrogen (secondary N) is 1. The van der Waals surface area contributed by atoms with Gasteiger partial charge in [-0.25, -0.2) is 0 Å². The van der Waals surface area contributed by atoms with Crippen molar-refractivity contribution in [2.75, 3.05) is 13.2 Å². The van der Waals surface area contributed by atoms with Crippen molar-refractivity contribution in [3.05, 3.63) is 18.0 Å². The van der Waals surface area contributed by atoms with Gasteiger partial charge in [0.2, 0.25) is 0 Å². The fraction of sp³-hybridized carbons (Fsp3) is 0.769. The number of nitrogens with zero attached hydrogens (tertiary/aromatic N) is 2. The van der Waals surface area contributed by atoms with E-state index < -0.39 is 0 Å². The molecule has 2 atom stereocenters. The summed E-state index contributed by atoms with van der Waals surface area (Å²) < 4.78 is 7.48. The number of rotatable bonds is 8. The van der Waals surface area contributed by atoms with Crippen LogP contribution in [0.25, 0.3) is 0 Å². The Balaban J connectivity index is 2.30. The van der Waals surface area contributed by atoms with E-state index in [0.717, 1.165) is 31.8 Å². The summed E-state index contributed by atoms with van der Waals surface area (Å²) in [5.74, 6) is 0.